The second kappa shape index (κ2) is 7.64. The van der Waals surface area contributed by atoms with Crippen LogP contribution in [0.4, 0.5) is 0 Å². The third-order valence-corrected chi connectivity index (χ3v) is 5.93. The van der Waals surface area contributed by atoms with Crippen LogP contribution in [0.25, 0.3) is 0 Å². The highest BCUT2D eigenvalue weighted by molar-refractivity contribution is 7.89. The largest absolute Gasteiger partial charge is 0.241 e. The normalized spacial score (nSPS) is 12.6. The zero-order valence-corrected chi connectivity index (χ0v) is 14.2. The number of sulfonamides is 1. The zero-order chi connectivity index (χ0) is 15.2. The molecular formula is C14H21Cl2NO2S. The van der Waals surface area contributed by atoms with Crippen LogP contribution in [-0.4, -0.2) is 25.7 Å². The summed E-state index contributed by atoms with van der Waals surface area (Å²) in [5.41, 5.74) is 0.326. The topological polar surface area (TPSA) is 46.2 Å². The van der Waals surface area contributed by atoms with Gasteiger partial charge in [-0.15, -0.1) is 23.2 Å². The van der Waals surface area contributed by atoms with Crippen LogP contribution in [0.5, 0.6) is 0 Å². The maximum Gasteiger partial charge on any atom is 0.241 e. The Kier molecular flexibility index (Phi) is 6.79. The van der Waals surface area contributed by atoms with Gasteiger partial charge in [0.25, 0.3) is 0 Å². The fourth-order valence-corrected chi connectivity index (χ4v) is 4.25. The molecule has 0 aliphatic rings. The average molecular weight is 338 g/mol. The summed E-state index contributed by atoms with van der Waals surface area (Å²) in [4.78, 5) is 0.241. The quantitative estimate of drug-likeness (QED) is 0.737. The van der Waals surface area contributed by atoms with E-state index in [0.29, 0.717) is 6.42 Å². The highest BCUT2D eigenvalue weighted by atomic mass is 35.5. The minimum Gasteiger partial charge on any atom is -0.207 e. The van der Waals surface area contributed by atoms with Crippen LogP contribution in [0.1, 0.15) is 32.3 Å². The number of alkyl halides is 2. The molecule has 0 bridgehead atoms. The minimum atomic E-state index is -3.60. The average Bonchev–Trinajstić information content (AvgIpc) is 2.46. The summed E-state index contributed by atoms with van der Waals surface area (Å²) in [6, 6.07) is 6.92. The highest BCUT2D eigenvalue weighted by Gasteiger charge is 2.32. The predicted molar refractivity (Wildman–Crippen MR) is 85.2 cm³/mol. The second-order valence-corrected chi connectivity index (χ2v) is 7.12. The van der Waals surface area contributed by atoms with Crippen LogP contribution in [0.2, 0.25) is 0 Å². The monoisotopic (exact) mass is 337 g/mol. The molecule has 1 rings (SSSR count). The third-order valence-electron chi connectivity index (χ3n) is 3.31. The van der Waals surface area contributed by atoms with Crippen LogP contribution in [0, 0.1) is 0 Å². The van der Waals surface area contributed by atoms with Gasteiger partial charge in [0.05, 0.1) is 10.4 Å². The van der Waals surface area contributed by atoms with Gasteiger partial charge in [0, 0.05) is 11.8 Å². The van der Waals surface area contributed by atoms with E-state index in [1.165, 1.54) is 0 Å². The molecule has 0 atom stereocenters. The molecule has 0 amide bonds. The molecule has 0 saturated heterocycles. The van der Waals surface area contributed by atoms with Gasteiger partial charge in [0.15, 0.2) is 0 Å². The van der Waals surface area contributed by atoms with Crippen molar-refractivity contribution >= 4 is 33.2 Å². The van der Waals surface area contributed by atoms with E-state index < -0.39 is 15.6 Å². The van der Waals surface area contributed by atoms with Crippen molar-refractivity contribution in [1.29, 1.82) is 0 Å². The molecule has 20 heavy (non-hydrogen) atoms. The molecule has 0 aromatic heterocycles. The Morgan fingerprint density at radius 1 is 1.10 bits per heavy atom. The Morgan fingerprint density at radius 2 is 1.65 bits per heavy atom. The van der Waals surface area contributed by atoms with E-state index in [1.54, 1.807) is 12.1 Å². The Labute approximate surface area is 131 Å². The van der Waals surface area contributed by atoms with Gasteiger partial charge >= 0.3 is 0 Å². The number of benzene rings is 1. The zero-order valence-electron chi connectivity index (χ0n) is 11.8. The summed E-state index contributed by atoms with van der Waals surface area (Å²) >= 11 is 11.7. The molecule has 1 aromatic rings. The van der Waals surface area contributed by atoms with E-state index in [2.05, 4.69) is 11.6 Å². The van der Waals surface area contributed by atoms with Gasteiger partial charge in [0.2, 0.25) is 10.0 Å². The number of aryl methyl sites for hydroxylation is 1. The Balaban J connectivity index is 2.98. The van der Waals surface area contributed by atoms with Gasteiger partial charge in [-0.25, -0.2) is 13.1 Å². The Bertz CT molecular complexity index is 502. The van der Waals surface area contributed by atoms with Crippen LogP contribution in [0.15, 0.2) is 29.2 Å². The van der Waals surface area contributed by atoms with Crippen molar-refractivity contribution < 1.29 is 8.42 Å². The lowest BCUT2D eigenvalue weighted by Crippen LogP contribution is -2.51. The van der Waals surface area contributed by atoms with E-state index in [0.717, 1.165) is 18.4 Å². The first kappa shape index (κ1) is 17.8. The van der Waals surface area contributed by atoms with Gasteiger partial charge < -0.3 is 0 Å². The summed E-state index contributed by atoms with van der Waals surface area (Å²) in [7, 11) is -3.60. The maximum atomic E-state index is 12.4. The van der Waals surface area contributed by atoms with Crippen molar-refractivity contribution in [3.05, 3.63) is 29.8 Å². The van der Waals surface area contributed by atoms with E-state index in [9.17, 15) is 8.42 Å². The second-order valence-electron chi connectivity index (χ2n) is 4.90. The molecule has 3 nitrogen and oxygen atoms in total. The van der Waals surface area contributed by atoms with Gasteiger partial charge in [-0.2, -0.15) is 0 Å². The SMILES string of the molecule is CCCc1ccc(S(=O)(=O)NC(CC)(CCl)CCl)cc1. The van der Waals surface area contributed by atoms with Crippen molar-refractivity contribution in [3.8, 4) is 0 Å². The van der Waals surface area contributed by atoms with Crippen molar-refractivity contribution in [2.24, 2.45) is 0 Å². The lowest BCUT2D eigenvalue weighted by molar-refractivity contribution is 0.449. The molecule has 1 N–H and O–H groups in total. The third kappa shape index (κ3) is 4.35. The molecule has 0 aliphatic heterocycles. The molecule has 0 radical (unpaired) electrons. The number of hydrogen-bond donors (Lipinski definition) is 1. The van der Waals surface area contributed by atoms with Crippen molar-refractivity contribution in [1.82, 2.24) is 4.72 Å². The fraction of sp³-hybridized carbons (Fsp3) is 0.571. The molecular weight excluding hydrogens is 317 g/mol. The van der Waals surface area contributed by atoms with Crippen LogP contribution in [0.3, 0.4) is 0 Å². The first-order valence-electron chi connectivity index (χ1n) is 6.68. The number of halogens is 2. The Morgan fingerprint density at radius 3 is 2.05 bits per heavy atom. The van der Waals surface area contributed by atoms with E-state index in [4.69, 9.17) is 23.2 Å². The summed E-state index contributed by atoms with van der Waals surface area (Å²) in [5, 5.41) is 0. The van der Waals surface area contributed by atoms with Crippen molar-refractivity contribution in [2.45, 2.75) is 43.5 Å². The summed E-state index contributed by atoms with van der Waals surface area (Å²) in [5.74, 6) is 0.278. The van der Waals surface area contributed by atoms with E-state index >= 15 is 0 Å². The van der Waals surface area contributed by atoms with Crippen LogP contribution >= 0.6 is 23.2 Å². The summed E-state index contributed by atoms with van der Waals surface area (Å²) in [6.07, 6.45) is 2.50. The van der Waals surface area contributed by atoms with Gasteiger partial charge in [-0.05, 0) is 30.5 Å². The lowest BCUT2D eigenvalue weighted by atomic mass is 10.0. The van der Waals surface area contributed by atoms with Gasteiger partial charge in [0.1, 0.15) is 0 Å². The van der Waals surface area contributed by atoms with E-state index in [-0.39, 0.29) is 16.7 Å². The standard InChI is InChI=1S/C14H21Cl2NO2S/c1-3-5-12-6-8-13(9-7-12)20(18,19)17-14(4-2,10-15)11-16/h6-9,17H,3-5,10-11H2,1-2H3. The summed E-state index contributed by atoms with van der Waals surface area (Å²) < 4.78 is 27.4. The lowest BCUT2D eigenvalue weighted by Gasteiger charge is -2.29. The molecule has 1 aromatic carbocycles. The molecule has 114 valence electrons. The van der Waals surface area contributed by atoms with E-state index in [1.807, 2.05) is 19.1 Å². The molecule has 0 spiro atoms. The molecule has 0 saturated carbocycles. The molecule has 6 heteroatoms. The molecule has 0 aliphatic carbocycles. The predicted octanol–water partition coefficient (Wildman–Crippen LogP) is 3.54. The highest BCUT2D eigenvalue weighted by Crippen LogP contribution is 2.20. The van der Waals surface area contributed by atoms with Gasteiger partial charge in [-0.3, -0.25) is 0 Å². The van der Waals surface area contributed by atoms with Crippen LogP contribution in [-0.2, 0) is 16.4 Å². The maximum absolute atomic E-state index is 12.4. The summed E-state index contributed by atoms with van der Waals surface area (Å²) in [6.45, 7) is 3.94. The van der Waals surface area contributed by atoms with Gasteiger partial charge in [-0.1, -0.05) is 32.4 Å². The minimum absolute atomic E-state index is 0.139. The van der Waals surface area contributed by atoms with Crippen molar-refractivity contribution in [2.75, 3.05) is 11.8 Å². The fourth-order valence-electron chi connectivity index (χ4n) is 1.82. The molecule has 0 unspecified atom stereocenters. The Hall–Kier alpha value is -0.290. The molecule has 0 fully saturated rings. The first-order chi connectivity index (χ1) is 9.43. The van der Waals surface area contributed by atoms with Crippen LogP contribution < -0.4 is 4.72 Å². The number of nitrogens with one attached hydrogen (secondary N) is 1. The first-order valence-corrected chi connectivity index (χ1v) is 9.23. The number of rotatable bonds is 8. The number of hydrogen-bond acceptors (Lipinski definition) is 2. The smallest absolute Gasteiger partial charge is 0.207 e. The molecule has 0 heterocycles. The van der Waals surface area contributed by atoms with Crippen molar-refractivity contribution in [3.63, 3.8) is 0 Å².